The van der Waals surface area contributed by atoms with Crippen molar-refractivity contribution in [1.29, 1.82) is 0 Å². The number of halogens is 1. The zero-order valence-corrected chi connectivity index (χ0v) is 25.2. The molecular weight excluding hydrogens is 541 g/mol. The number of carbonyl (C=O) groups excluding carboxylic acids is 2. The quantitative estimate of drug-likeness (QED) is 0.302. The van der Waals surface area contributed by atoms with Gasteiger partial charge in [0, 0.05) is 32.0 Å². The molecule has 9 heteroatoms. The van der Waals surface area contributed by atoms with Gasteiger partial charge in [0.15, 0.2) is 0 Å². The molecule has 41 heavy (non-hydrogen) atoms. The summed E-state index contributed by atoms with van der Waals surface area (Å²) in [5.41, 5.74) is 4.15. The topological polar surface area (TPSA) is 86.8 Å². The molecule has 0 fully saturated rings. The van der Waals surface area contributed by atoms with E-state index in [9.17, 15) is 22.4 Å². The highest BCUT2D eigenvalue weighted by molar-refractivity contribution is 7.92. The van der Waals surface area contributed by atoms with Crippen LogP contribution in [0.1, 0.15) is 48.9 Å². The van der Waals surface area contributed by atoms with Crippen molar-refractivity contribution < 1.29 is 22.4 Å². The summed E-state index contributed by atoms with van der Waals surface area (Å²) in [7, 11) is -3.59. The first-order valence-electron chi connectivity index (χ1n) is 13.8. The molecule has 0 aliphatic heterocycles. The van der Waals surface area contributed by atoms with Crippen molar-refractivity contribution in [1.82, 2.24) is 10.2 Å². The van der Waals surface area contributed by atoms with Crippen molar-refractivity contribution in [2.75, 3.05) is 17.1 Å². The Kier molecular flexibility index (Phi) is 11.1. The number of amides is 2. The van der Waals surface area contributed by atoms with Gasteiger partial charge in [-0.3, -0.25) is 13.9 Å². The summed E-state index contributed by atoms with van der Waals surface area (Å²) in [5.74, 6) is -0.966. The molecule has 0 heterocycles. The van der Waals surface area contributed by atoms with E-state index in [4.69, 9.17) is 0 Å². The predicted molar refractivity (Wildman–Crippen MR) is 162 cm³/mol. The number of carbonyl (C=O) groups is 2. The number of hydrogen-bond acceptors (Lipinski definition) is 4. The molecule has 0 aliphatic carbocycles. The maximum Gasteiger partial charge on any atom is 0.243 e. The third kappa shape index (κ3) is 9.42. The van der Waals surface area contributed by atoms with Crippen molar-refractivity contribution in [2.45, 2.75) is 65.6 Å². The average Bonchev–Trinajstić information content (AvgIpc) is 2.90. The first kappa shape index (κ1) is 31.8. The van der Waals surface area contributed by atoms with Crippen LogP contribution in [0.25, 0.3) is 0 Å². The molecule has 220 valence electrons. The smallest absolute Gasteiger partial charge is 0.243 e. The van der Waals surface area contributed by atoms with Gasteiger partial charge >= 0.3 is 0 Å². The Morgan fingerprint density at radius 2 is 1.56 bits per heavy atom. The van der Waals surface area contributed by atoms with Crippen LogP contribution in [-0.4, -0.2) is 50.0 Å². The Bertz CT molecular complexity index is 1430. The second kappa shape index (κ2) is 14.3. The lowest BCUT2D eigenvalue weighted by Crippen LogP contribution is -2.51. The zero-order valence-electron chi connectivity index (χ0n) is 24.4. The third-order valence-electron chi connectivity index (χ3n) is 6.90. The van der Waals surface area contributed by atoms with Gasteiger partial charge in [0.2, 0.25) is 21.8 Å². The summed E-state index contributed by atoms with van der Waals surface area (Å²) in [4.78, 5) is 28.8. The number of sulfonamides is 1. The van der Waals surface area contributed by atoms with Crippen LogP contribution in [0, 0.1) is 19.7 Å². The first-order chi connectivity index (χ1) is 19.3. The molecule has 3 aromatic carbocycles. The van der Waals surface area contributed by atoms with Gasteiger partial charge in [-0.25, -0.2) is 12.8 Å². The van der Waals surface area contributed by atoms with Crippen LogP contribution in [0.3, 0.4) is 0 Å². The lowest BCUT2D eigenvalue weighted by molar-refractivity contribution is -0.141. The van der Waals surface area contributed by atoms with Crippen molar-refractivity contribution in [3.05, 3.63) is 101 Å². The summed E-state index contributed by atoms with van der Waals surface area (Å²) >= 11 is 0. The summed E-state index contributed by atoms with van der Waals surface area (Å²) < 4.78 is 40.3. The van der Waals surface area contributed by atoms with Gasteiger partial charge in [-0.05, 0) is 80.6 Å². The van der Waals surface area contributed by atoms with E-state index in [1.807, 2.05) is 70.2 Å². The lowest BCUT2D eigenvalue weighted by atomic mass is 10.0. The predicted octanol–water partition coefficient (Wildman–Crippen LogP) is 5.15. The largest absolute Gasteiger partial charge is 0.352 e. The zero-order chi connectivity index (χ0) is 30.2. The minimum absolute atomic E-state index is 0.0261. The number of nitrogens with zero attached hydrogens (tertiary/aromatic N) is 2. The second-order valence-electron chi connectivity index (χ2n) is 10.7. The first-order valence-corrected chi connectivity index (χ1v) is 15.6. The molecule has 1 atom stereocenters. The van der Waals surface area contributed by atoms with Gasteiger partial charge < -0.3 is 10.2 Å². The maximum atomic E-state index is 13.8. The number of hydrogen-bond donors (Lipinski definition) is 1. The Morgan fingerprint density at radius 1 is 0.902 bits per heavy atom. The minimum Gasteiger partial charge on any atom is -0.352 e. The minimum atomic E-state index is -3.59. The number of aryl methyl sites for hydroxylation is 2. The molecule has 0 radical (unpaired) electrons. The van der Waals surface area contributed by atoms with Gasteiger partial charge in [-0.2, -0.15) is 0 Å². The van der Waals surface area contributed by atoms with Gasteiger partial charge in [-0.15, -0.1) is 0 Å². The molecular formula is C32H40FN3O4S. The van der Waals surface area contributed by atoms with Crippen molar-refractivity contribution in [3.8, 4) is 0 Å². The number of anilines is 1. The van der Waals surface area contributed by atoms with E-state index in [-0.39, 0.29) is 43.8 Å². The van der Waals surface area contributed by atoms with Crippen molar-refractivity contribution in [3.63, 3.8) is 0 Å². The highest BCUT2D eigenvalue weighted by Gasteiger charge is 2.31. The molecule has 0 aliphatic rings. The Hall–Kier alpha value is -3.72. The van der Waals surface area contributed by atoms with E-state index in [1.54, 1.807) is 18.2 Å². The Balaban J connectivity index is 1.88. The van der Waals surface area contributed by atoms with Crippen LogP contribution < -0.4 is 9.62 Å². The monoisotopic (exact) mass is 581 g/mol. The molecule has 7 nitrogen and oxygen atoms in total. The number of rotatable bonds is 13. The molecule has 2 amide bonds. The van der Waals surface area contributed by atoms with E-state index >= 15 is 0 Å². The van der Waals surface area contributed by atoms with E-state index in [0.717, 1.165) is 22.9 Å². The normalized spacial score (nSPS) is 12.2. The average molecular weight is 582 g/mol. The molecule has 1 unspecified atom stereocenters. The highest BCUT2D eigenvalue weighted by Crippen LogP contribution is 2.23. The molecule has 0 saturated heterocycles. The van der Waals surface area contributed by atoms with Crippen LogP contribution in [0.4, 0.5) is 10.1 Å². The molecule has 0 bridgehead atoms. The molecule has 0 spiro atoms. The SMILES string of the molecule is Cc1ccc(N(CCCC(=O)N(Cc2ccc(F)cc2)C(Cc2ccccc2)C(=O)NC(C)C)S(C)(=O)=O)cc1C. The van der Waals surface area contributed by atoms with Crippen LogP contribution in [0.2, 0.25) is 0 Å². The fourth-order valence-electron chi connectivity index (χ4n) is 4.61. The van der Waals surface area contributed by atoms with E-state index < -0.39 is 21.9 Å². The number of nitrogens with one attached hydrogen (secondary N) is 1. The van der Waals surface area contributed by atoms with Crippen molar-refractivity contribution >= 4 is 27.5 Å². The van der Waals surface area contributed by atoms with Crippen molar-refractivity contribution in [2.24, 2.45) is 0 Å². The van der Waals surface area contributed by atoms with Crippen LogP contribution in [0.15, 0.2) is 72.8 Å². The summed E-state index contributed by atoms with van der Waals surface area (Å²) in [6.45, 7) is 7.81. The summed E-state index contributed by atoms with van der Waals surface area (Å²) in [6.07, 6.45) is 1.72. The van der Waals surface area contributed by atoms with Crippen LogP contribution in [-0.2, 0) is 32.6 Å². The third-order valence-corrected chi connectivity index (χ3v) is 8.09. The van der Waals surface area contributed by atoms with Gasteiger partial charge in [0.05, 0.1) is 11.9 Å². The van der Waals surface area contributed by atoms with E-state index in [1.165, 1.54) is 21.3 Å². The lowest BCUT2D eigenvalue weighted by Gasteiger charge is -2.32. The maximum absolute atomic E-state index is 13.8. The molecule has 0 saturated carbocycles. The van der Waals surface area contributed by atoms with E-state index in [2.05, 4.69) is 5.32 Å². The number of benzene rings is 3. The molecule has 3 aromatic rings. The fraction of sp³-hybridized carbons (Fsp3) is 0.375. The Labute approximate surface area is 243 Å². The summed E-state index contributed by atoms with van der Waals surface area (Å²) in [6, 6.07) is 19.8. The van der Waals surface area contributed by atoms with E-state index in [0.29, 0.717) is 17.7 Å². The summed E-state index contributed by atoms with van der Waals surface area (Å²) in [5, 5.41) is 2.94. The van der Waals surface area contributed by atoms with Crippen LogP contribution >= 0.6 is 0 Å². The molecule has 1 N–H and O–H groups in total. The molecule has 3 rings (SSSR count). The Morgan fingerprint density at radius 3 is 2.15 bits per heavy atom. The van der Waals surface area contributed by atoms with Gasteiger partial charge in [-0.1, -0.05) is 48.5 Å². The fourth-order valence-corrected chi connectivity index (χ4v) is 5.56. The van der Waals surface area contributed by atoms with Gasteiger partial charge in [0.1, 0.15) is 11.9 Å². The van der Waals surface area contributed by atoms with Crippen LogP contribution in [0.5, 0.6) is 0 Å². The second-order valence-corrected chi connectivity index (χ2v) is 12.6. The van der Waals surface area contributed by atoms with Gasteiger partial charge in [0.25, 0.3) is 0 Å². The molecule has 0 aromatic heterocycles. The highest BCUT2D eigenvalue weighted by atomic mass is 32.2. The standard InChI is InChI=1S/C32H40FN3O4S/c1-23(2)34-32(38)30(21-26-10-7-6-8-11-26)35(22-27-14-16-28(33)17-15-27)31(37)12-9-19-36(41(5,39)40)29-18-13-24(3)25(4)20-29/h6-8,10-11,13-18,20,23,30H,9,12,19,21-22H2,1-5H3,(H,34,38).